The largest absolute Gasteiger partial charge is 0.464 e. The highest BCUT2D eigenvalue weighted by molar-refractivity contribution is 7.98. The molecule has 1 aromatic heterocycles. The van der Waals surface area contributed by atoms with Crippen LogP contribution in [0.2, 0.25) is 0 Å². The van der Waals surface area contributed by atoms with E-state index in [-0.39, 0.29) is 5.75 Å². The Labute approximate surface area is 139 Å². The third-order valence-electron chi connectivity index (χ3n) is 3.84. The van der Waals surface area contributed by atoms with E-state index in [9.17, 15) is 17.2 Å². The molecule has 1 aromatic rings. The molecule has 0 saturated carbocycles. The fourth-order valence-electron chi connectivity index (χ4n) is 2.58. The summed E-state index contributed by atoms with van der Waals surface area (Å²) in [7, 11) is -3.08. The highest BCUT2D eigenvalue weighted by atomic mass is 32.2. The molecule has 0 unspecified atom stereocenters. The van der Waals surface area contributed by atoms with Gasteiger partial charge in [0.25, 0.3) is 5.76 Å². The van der Waals surface area contributed by atoms with Crippen molar-refractivity contribution in [1.29, 1.82) is 0 Å². The second-order valence-corrected chi connectivity index (χ2v) is 8.64. The number of furan rings is 1. The summed E-state index contributed by atoms with van der Waals surface area (Å²) >= 11 is 0.545. The van der Waals surface area contributed by atoms with Crippen molar-refractivity contribution in [1.82, 2.24) is 9.62 Å². The topological polar surface area (TPSA) is 62.6 Å². The van der Waals surface area contributed by atoms with Gasteiger partial charge < -0.3 is 9.73 Å². The minimum atomic E-state index is -3.08. The molecule has 9 heteroatoms. The lowest BCUT2D eigenvalue weighted by Gasteiger charge is -2.30. The summed E-state index contributed by atoms with van der Waals surface area (Å²) in [5.74, 6) is -0.505. The molecule has 1 saturated heterocycles. The Morgan fingerprint density at radius 1 is 1.35 bits per heavy atom. The van der Waals surface area contributed by atoms with Crippen molar-refractivity contribution < 1.29 is 21.6 Å². The van der Waals surface area contributed by atoms with Crippen molar-refractivity contribution in [2.24, 2.45) is 5.92 Å². The second-order valence-electron chi connectivity index (χ2n) is 5.68. The molecule has 1 aliphatic heterocycles. The number of alkyl halides is 2. The van der Waals surface area contributed by atoms with E-state index in [0.29, 0.717) is 43.1 Å². The number of thioether (sulfide) groups is 1. The first-order valence-electron chi connectivity index (χ1n) is 7.48. The predicted molar refractivity (Wildman–Crippen MR) is 86.9 cm³/mol. The van der Waals surface area contributed by atoms with Gasteiger partial charge in [0.05, 0.1) is 18.6 Å². The Bertz CT molecular complexity index is 585. The number of sulfonamides is 1. The highest BCUT2D eigenvalue weighted by Crippen LogP contribution is 2.21. The quantitative estimate of drug-likeness (QED) is 0.764. The fourth-order valence-corrected chi connectivity index (χ4v) is 3.90. The van der Waals surface area contributed by atoms with E-state index in [1.165, 1.54) is 10.6 Å². The molecular weight excluding hydrogens is 346 g/mol. The summed E-state index contributed by atoms with van der Waals surface area (Å²) in [4.78, 5) is 0. The normalized spacial score (nSPS) is 17.9. The van der Waals surface area contributed by atoms with Gasteiger partial charge in [0.15, 0.2) is 0 Å². The predicted octanol–water partition coefficient (Wildman–Crippen LogP) is 2.50. The van der Waals surface area contributed by atoms with Gasteiger partial charge in [-0.25, -0.2) is 12.7 Å². The van der Waals surface area contributed by atoms with E-state index in [1.54, 1.807) is 12.1 Å². The van der Waals surface area contributed by atoms with Crippen molar-refractivity contribution in [3.05, 3.63) is 23.7 Å². The monoisotopic (exact) mass is 368 g/mol. The van der Waals surface area contributed by atoms with Gasteiger partial charge >= 0.3 is 0 Å². The van der Waals surface area contributed by atoms with Gasteiger partial charge in [0.2, 0.25) is 10.0 Å². The molecule has 2 heterocycles. The van der Waals surface area contributed by atoms with E-state index in [2.05, 4.69) is 5.32 Å². The number of nitrogens with zero attached hydrogens (tertiary/aromatic N) is 1. The molecule has 0 radical (unpaired) electrons. The molecule has 5 nitrogen and oxygen atoms in total. The standard InChI is InChI=1S/C14H22F2N2O3S2/c1-23(19,20)18-6-4-11(5-7-18)8-17-9-12-2-3-13(21-12)10-22-14(15)16/h2-3,11,14,17H,4-10H2,1H3. The molecular formula is C14H22F2N2O3S2. The molecule has 23 heavy (non-hydrogen) atoms. The molecule has 1 fully saturated rings. The first-order chi connectivity index (χ1) is 10.8. The third kappa shape index (κ3) is 6.40. The van der Waals surface area contributed by atoms with Gasteiger partial charge in [0.1, 0.15) is 11.5 Å². The van der Waals surface area contributed by atoms with Gasteiger partial charge in [-0.3, -0.25) is 0 Å². The maximum absolute atomic E-state index is 12.1. The zero-order valence-corrected chi connectivity index (χ0v) is 14.6. The van der Waals surface area contributed by atoms with E-state index >= 15 is 0 Å². The summed E-state index contributed by atoms with van der Waals surface area (Å²) in [6.07, 6.45) is 2.93. The maximum atomic E-state index is 12.1. The minimum Gasteiger partial charge on any atom is -0.464 e. The number of halogens is 2. The first kappa shape index (κ1) is 18.7. The minimum absolute atomic E-state index is 0.168. The molecule has 0 spiro atoms. The summed E-state index contributed by atoms with van der Waals surface area (Å²) < 4.78 is 54.1. The fraction of sp³-hybridized carbons (Fsp3) is 0.714. The van der Waals surface area contributed by atoms with Crippen LogP contribution >= 0.6 is 11.8 Å². The van der Waals surface area contributed by atoms with Gasteiger partial charge in [-0.2, -0.15) is 8.78 Å². The van der Waals surface area contributed by atoms with Crippen LogP contribution in [0.4, 0.5) is 8.78 Å². The molecule has 0 amide bonds. The zero-order chi connectivity index (χ0) is 16.9. The summed E-state index contributed by atoms with van der Waals surface area (Å²) in [5, 5.41) is 3.29. The van der Waals surface area contributed by atoms with Gasteiger partial charge in [0, 0.05) is 13.1 Å². The van der Waals surface area contributed by atoms with Crippen molar-refractivity contribution in [2.45, 2.75) is 30.9 Å². The van der Waals surface area contributed by atoms with Crippen molar-refractivity contribution in [2.75, 3.05) is 25.9 Å². The molecule has 0 aliphatic carbocycles. The SMILES string of the molecule is CS(=O)(=O)N1CCC(CNCc2ccc(CSC(F)F)o2)CC1. The highest BCUT2D eigenvalue weighted by Gasteiger charge is 2.24. The number of nitrogens with one attached hydrogen (secondary N) is 1. The summed E-state index contributed by atoms with van der Waals surface area (Å²) in [6, 6.07) is 3.51. The Morgan fingerprint density at radius 2 is 2.00 bits per heavy atom. The van der Waals surface area contributed by atoms with Gasteiger partial charge in [-0.1, -0.05) is 11.8 Å². The van der Waals surface area contributed by atoms with E-state index in [4.69, 9.17) is 4.42 Å². The van der Waals surface area contributed by atoms with Crippen LogP contribution < -0.4 is 5.32 Å². The second kappa shape index (κ2) is 8.46. The first-order valence-corrected chi connectivity index (χ1v) is 10.4. The lowest BCUT2D eigenvalue weighted by Crippen LogP contribution is -2.40. The van der Waals surface area contributed by atoms with Gasteiger partial charge in [-0.15, -0.1) is 0 Å². The van der Waals surface area contributed by atoms with E-state index in [1.807, 2.05) is 0 Å². The Hall–Kier alpha value is -0.640. The summed E-state index contributed by atoms with van der Waals surface area (Å²) in [6.45, 7) is 2.48. The molecule has 2 rings (SSSR count). The molecule has 0 atom stereocenters. The van der Waals surface area contributed by atoms with Crippen LogP contribution in [0.5, 0.6) is 0 Å². The average molecular weight is 368 g/mol. The number of hydrogen-bond acceptors (Lipinski definition) is 5. The van der Waals surface area contributed by atoms with Crippen LogP contribution in [0.25, 0.3) is 0 Å². The van der Waals surface area contributed by atoms with Crippen molar-refractivity contribution in [3.8, 4) is 0 Å². The van der Waals surface area contributed by atoms with Crippen molar-refractivity contribution in [3.63, 3.8) is 0 Å². The molecule has 1 aliphatic rings. The number of hydrogen-bond donors (Lipinski definition) is 1. The smallest absolute Gasteiger partial charge is 0.284 e. The van der Waals surface area contributed by atoms with Crippen LogP contribution in [0.3, 0.4) is 0 Å². The summed E-state index contributed by atoms with van der Waals surface area (Å²) in [5.41, 5.74) is 0. The van der Waals surface area contributed by atoms with E-state index in [0.717, 1.165) is 25.1 Å². The van der Waals surface area contributed by atoms with Crippen LogP contribution in [-0.4, -0.2) is 44.4 Å². The average Bonchev–Trinajstić information content (AvgIpc) is 2.93. The zero-order valence-electron chi connectivity index (χ0n) is 13.0. The van der Waals surface area contributed by atoms with Crippen LogP contribution in [0.1, 0.15) is 24.4 Å². The molecule has 0 bridgehead atoms. The number of rotatable bonds is 8. The molecule has 132 valence electrons. The van der Waals surface area contributed by atoms with Crippen molar-refractivity contribution >= 4 is 21.8 Å². The molecule has 1 N–H and O–H groups in total. The van der Waals surface area contributed by atoms with Gasteiger partial charge in [-0.05, 0) is 37.4 Å². The Kier molecular flexibility index (Phi) is 6.87. The third-order valence-corrected chi connectivity index (χ3v) is 5.85. The Balaban J connectivity index is 1.66. The molecule has 0 aromatic carbocycles. The number of piperidine rings is 1. The van der Waals surface area contributed by atoms with Crippen LogP contribution in [-0.2, 0) is 22.3 Å². The maximum Gasteiger partial charge on any atom is 0.284 e. The van der Waals surface area contributed by atoms with Crippen LogP contribution in [0, 0.1) is 5.92 Å². The lowest BCUT2D eigenvalue weighted by atomic mass is 9.98. The van der Waals surface area contributed by atoms with Crippen LogP contribution in [0.15, 0.2) is 16.5 Å². The lowest BCUT2D eigenvalue weighted by molar-refractivity contribution is 0.251. The van der Waals surface area contributed by atoms with E-state index < -0.39 is 15.8 Å². The Morgan fingerprint density at radius 3 is 2.61 bits per heavy atom.